The van der Waals surface area contributed by atoms with Crippen LogP contribution in [0.2, 0.25) is 5.02 Å². The summed E-state index contributed by atoms with van der Waals surface area (Å²) in [6.45, 7) is 4.95. The maximum Gasteiger partial charge on any atom is 0.358 e. The molecule has 2 aromatic heterocycles. The Bertz CT molecular complexity index is 1040. The molecule has 0 aliphatic rings. The number of rotatable bonds is 9. The molecule has 0 aliphatic heterocycles. The quantitative estimate of drug-likeness (QED) is 0.264. The molecule has 0 atom stereocenters. The number of halogens is 1. The summed E-state index contributed by atoms with van der Waals surface area (Å²) in [6, 6.07) is 9.03. The lowest BCUT2D eigenvalue weighted by molar-refractivity contribution is 0.0469. The fourth-order valence-electron chi connectivity index (χ4n) is 3.17. The number of aryl methyl sites for hydroxylation is 1. The van der Waals surface area contributed by atoms with Crippen LogP contribution in [0.25, 0.3) is 10.6 Å². The molecule has 3 aromatic rings. The van der Waals surface area contributed by atoms with E-state index in [0.29, 0.717) is 22.2 Å². The molecular weight excluding hydrogens is 424 g/mol. The molecule has 0 radical (unpaired) electrons. The SMILES string of the molecule is COCCCn1c(C)cc(C(=O)COC(=O)c2csc(-c3ccc(Cl)cc3)n2)c1C. The predicted molar refractivity (Wildman–Crippen MR) is 118 cm³/mol. The summed E-state index contributed by atoms with van der Waals surface area (Å²) >= 11 is 7.23. The molecule has 3 rings (SSSR count). The molecule has 8 heteroatoms. The molecule has 0 amide bonds. The minimum atomic E-state index is -0.617. The van der Waals surface area contributed by atoms with Crippen LogP contribution in [-0.2, 0) is 16.0 Å². The van der Waals surface area contributed by atoms with Crippen molar-refractivity contribution in [3.05, 3.63) is 63.4 Å². The number of Topliss-reactive ketones (excluding diaryl/α,β-unsaturated/α-hetero) is 1. The number of ketones is 1. The normalized spacial score (nSPS) is 10.9. The number of carbonyl (C=O) groups is 2. The molecule has 0 fully saturated rings. The number of ether oxygens (including phenoxy) is 2. The Morgan fingerprint density at radius 2 is 1.93 bits per heavy atom. The first-order valence-corrected chi connectivity index (χ1v) is 10.7. The molecule has 158 valence electrons. The first kappa shape index (κ1) is 22.2. The van der Waals surface area contributed by atoms with Gasteiger partial charge in [-0.2, -0.15) is 0 Å². The summed E-state index contributed by atoms with van der Waals surface area (Å²) in [5.74, 6) is -0.851. The largest absolute Gasteiger partial charge is 0.453 e. The monoisotopic (exact) mass is 446 g/mol. The van der Waals surface area contributed by atoms with Crippen LogP contribution in [0.5, 0.6) is 0 Å². The van der Waals surface area contributed by atoms with Gasteiger partial charge in [-0.1, -0.05) is 23.7 Å². The average molecular weight is 447 g/mol. The topological polar surface area (TPSA) is 70.4 Å². The Morgan fingerprint density at radius 1 is 1.20 bits per heavy atom. The molecule has 30 heavy (non-hydrogen) atoms. The third-order valence-corrected chi connectivity index (χ3v) is 5.89. The number of thiazole rings is 1. The van der Waals surface area contributed by atoms with Gasteiger partial charge in [-0.25, -0.2) is 9.78 Å². The van der Waals surface area contributed by atoms with Gasteiger partial charge < -0.3 is 14.0 Å². The zero-order valence-corrected chi connectivity index (χ0v) is 18.7. The summed E-state index contributed by atoms with van der Waals surface area (Å²) in [5, 5.41) is 2.94. The maximum absolute atomic E-state index is 12.6. The predicted octanol–water partition coefficient (Wildman–Crippen LogP) is 4.96. The summed E-state index contributed by atoms with van der Waals surface area (Å²) in [5.41, 5.74) is 3.47. The molecule has 0 N–H and O–H groups in total. The van der Waals surface area contributed by atoms with Gasteiger partial charge in [0.05, 0.1) is 0 Å². The third-order valence-electron chi connectivity index (χ3n) is 4.74. The van der Waals surface area contributed by atoms with Gasteiger partial charge in [0, 0.05) is 53.2 Å². The fourth-order valence-corrected chi connectivity index (χ4v) is 4.09. The first-order chi connectivity index (χ1) is 14.4. The highest BCUT2D eigenvalue weighted by molar-refractivity contribution is 7.13. The van der Waals surface area contributed by atoms with Crippen molar-refractivity contribution < 1.29 is 19.1 Å². The number of benzene rings is 1. The van der Waals surface area contributed by atoms with Crippen LogP contribution in [-0.4, -0.2) is 41.6 Å². The zero-order valence-electron chi connectivity index (χ0n) is 17.1. The van der Waals surface area contributed by atoms with Gasteiger partial charge in [-0.3, -0.25) is 4.79 Å². The number of methoxy groups -OCH3 is 1. The van der Waals surface area contributed by atoms with E-state index in [-0.39, 0.29) is 18.1 Å². The zero-order chi connectivity index (χ0) is 21.7. The number of nitrogens with zero attached hydrogens (tertiary/aromatic N) is 2. The Kier molecular flexibility index (Phi) is 7.42. The minimum Gasteiger partial charge on any atom is -0.453 e. The standard InChI is InChI=1S/C22H23ClN2O4S/c1-14-11-18(15(2)25(14)9-4-10-28-3)20(26)12-29-22(27)19-13-30-21(24-19)16-5-7-17(23)8-6-16/h5-8,11,13H,4,9-10,12H2,1-3H3. The molecule has 0 unspecified atom stereocenters. The third kappa shape index (κ3) is 5.16. The fraction of sp³-hybridized carbons (Fsp3) is 0.318. The molecule has 2 heterocycles. The minimum absolute atomic E-state index is 0.183. The van der Waals surface area contributed by atoms with E-state index < -0.39 is 5.97 Å². The van der Waals surface area contributed by atoms with Crippen LogP contribution >= 0.6 is 22.9 Å². The van der Waals surface area contributed by atoms with Crippen LogP contribution in [0.4, 0.5) is 0 Å². The van der Waals surface area contributed by atoms with Crippen LogP contribution in [0.15, 0.2) is 35.7 Å². The van der Waals surface area contributed by atoms with Crippen molar-refractivity contribution in [2.24, 2.45) is 0 Å². The Balaban J connectivity index is 1.62. The Morgan fingerprint density at radius 3 is 2.63 bits per heavy atom. The second-order valence-electron chi connectivity index (χ2n) is 6.83. The van der Waals surface area contributed by atoms with E-state index in [9.17, 15) is 9.59 Å². The molecule has 0 aliphatic carbocycles. The second kappa shape index (κ2) is 10.0. The van der Waals surface area contributed by atoms with E-state index in [4.69, 9.17) is 21.1 Å². The first-order valence-electron chi connectivity index (χ1n) is 9.48. The summed E-state index contributed by atoms with van der Waals surface area (Å²) in [7, 11) is 1.67. The smallest absolute Gasteiger partial charge is 0.358 e. The Labute approximate surface area is 184 Å². The maximum atomic E-state index is 12.6. The lowest BCUT2D eigenvalue weighted by Crippen LogP contribution is -2.15. The molecule has 0 saturated carbocycles. The molecule has 0 saturated heterocycles. The highest BCUT2D eigenvalue weighted by atomic mass is 35.5. The van der Waals surface area contributed by atoms with E-state index >= 15 is 0 Å². The molecular formula is C22H23ClN2O4S. The number of hydrogen-bond acceptors (Lipinski definition) is 6. The van der Waals surface area contributed by atoms with E-state index in [1.807, 2.05) is 32.0 Å². The van der Waals surface area contributed by atoms with Gasteiger partial charge >= 0.3 is 5.97 Å². The van der Waals surface area contributed by atoms with Gasteiger partial charge in [0.15, 0.2) is 12.3 Å². The van der Waals surface area contributed by atoms with Gasteiger partial charge in [0.25, 0.3) is 0 Å². The van der Waals surface area contributed by atoms with E-state index in [0.717, 1.165) is 29.9 Å². The van der Waals surface area contributed by atoms with Crippen LogP contribution in [0.3, 0.4) is 0 Å². The van der Waals surface area contributed by atoms with E-state index in [2.05, 4.69) is 9.55 Å². The van der Waals surface area contributed by atoms with Crippen molar-refractivity contribution in [2.75, 3.05) is 20.3 Å². The van der Waals surface area contributed by atoms with Crippen molar-refractivity contribution in [3.8, 4) is 10.6 Å². The molecule has 1 aromatic carbocycles. The van der Waals surface area contributed by atoms with Gasteiger partial charge in [0.1, 0.15) is 5.01 Å². The lowest BCUT2D eigenvalue weighted by atomic mass is 10.1. The van der Waals surface area contributed by atoms with Gasteiger partial charge in [-0.05, 0) is 38.5 Å². The average Bonchev–Trinajstić information content (AvgIpc) is 3.33. The lowest BCUT2D eigenvalue weighted by Gasteiger charge is -2.09. The van der Waals surface area contributed by atoms with Crippen LogP contribution in [0, 0.1) is 13.8 Å². The second-order valence-corrected chi connectivity index (χ2v) is 8.12. The van der Waals surface area contributed by atoms with Crippen molar-refractivity contribution in [2.45, 2.75) is 26.8 Å². The van der Waals surface area contributed by atoms with Crippen molar-refractivity contribution in [1.29, 1.82) is 0 Å². The van der Waals surface area contributed by atoms with E-state index in [1.165, 1.54) is 11.3 Å². The molecule has 0 spiro atoms. The van der Waals surface area contributed by atoms with Crippen molar-refractivity contribution in [1.82, 2.24) is 9.55 Å². The molecule has 0 bridgehead atoms. The summed E-state index contributed by atoms with van der Waals surface area (Å²) < 4.78 is 12.4. The van der Waals surface area contributed by atoms with Gasteiger partial charge in [0.2, 0.25) is 5.78 Å². The highest BCUT2D eigenvalue weighted by Crippen LogP contribution is 2.25. The summed E-state index contributed by atoms with van der Waals surface area (Å²) in [6.07, 6.45) is 0.856. The van der Waals surface area contributed by atoms with Gasteiger partial charge in [-0.15, -0.1) is 11.3 Å². The number of esters is 1. The number of aromatic nitrogens is 2. The summed E-state index contributed by atoms with van der Waals surface area (Å²) in [4.78, 5) is 29.3. The van der Waals surface area contributed by atoms with E-state index in [1.54, 1.807) is 24.6 Å². The number of hydrogen-bond donors (Lipinski definition) is 0. The highest BCUT2D eigenvalue weighted by Gasteiger charge is 2.19. The van der Waals surface area contributed by atoms with Crippen LogP contribution in [0.1, 0.15) is 38.7 Å². The Hall–Kier alpha value is -2.48. The van der Waals surface area contributed by atoms with Crippen molar-refractivity contribution in [3.63, 3.8) is 0 Å². The van der Waals surface area contributed by atoms with Crippen LogP contribution < -0.4 is 0 Å². The molecule has 6 nitrogen and oxygen atoms in total. The number of carbonyl (C=O) groups excluding carboxylic acids is 2. The van der Waals surface area contributed by atoms with Crippen molar-refractivity contribution >= 4 is 34.7 Å².